The molecule has 1 atom stereocenters. The molecule has 6 heteroatoms. The third-order valence-corrected chi connectivity index (χ3v) is 2.89. The highest BCUT2D eigenvalue weighted by Crippen LogP contribution is 2.35. The van der Waals surface area contributed by atoms with E-state index >= 15 is 0 Å². The largest absolute Gasteiger partial charge is 0.527 e. The molecule has 0 heterocycles. The van der Waals surface area contributed by atoms with Gasteiger partial charge < -0.3 is 4.52 Å². The number of unbranched alkanes of at least 4 members (excludes halogenated alkanes) is 1. The molecule has 17 heavy (non-hydrogen) atoms. The van der Waals surface area contributed by atoms with Crippen molar-refractivity contribution in [3.05, 3.63) is 12.2 Å². The Bertz CT molecular complexity index is 294. The van der Waals surface area contributed by atoms with Gasteiger partial charge in [-0.3, -0.25) is 9.79 Å². The molecule has 0 saturated carbocycles. The van der Waals surface area contributed by atoms with E-state index in [0.29, 0.717) is 5.92 Å². The molecule has 0 amide bonds. The van der Waals surface area contributed by atoms with Crippen molar-refractivity contribution in [3.8, 4) is 0 Å². The van der Waals surface area contributed by atoms with Crippen molar-refractivity contribution in [2.24, 2.45) is 5.92 Å². The van der Waals surface area contributed by atoms with Gasteiger partial charge in [-0.25, -0.2) is 9.36 Å². The molecule has 0 rings (SSSR count). The lowest BCUT2D eigenvalue weighted by Crippen LogP contribution is -2.00. The second kappa shape index (κ2) is 8.45. The second-order valence-corrected chi connectivity index (χ2v) is 5.12. The fourth-order valence-corrected chi connectivity index (χ4v) is 1.78. The topological polar surface area (TPSA) is 83.8 Å². The number of hydrogen-bond donors (Lipinski definition) is 2. The van der Waals surface area contributed by atoms with Crippen molar-refractivity contribution in [3.63, 3.8) is 0 Å². The highest BCUT2D eigenvalue weighted by atomic mass is 31.2. The number of phosphoric acid groups is 1. The predicted octanol–water partition coefficient (Wildman–Crippen LogP) is 2.79. The summed E-state index contributed by atoms with van der Waals surface area (Å²) in [6.45, 7) is 4.21. The van der Waals surface area contributed by atoms with E-state index < -0.39 is 13.8 Å². The van der Waals surface area contributed by atoms with Crippen molar-refractivity contribution in [1.29, 1.82) is 0 Å². The zero-order chi connectivity index (χ0) is 13.3. The summed E-state index contributed by atoms with van der Waals surface area (Å²) in [6.07, 6.45) is 7.84. The van der Waals surface area contributed by atoms with Crippen LogP contribution in [0.1, 0.15) is 46.0 Å². The number of carbonyl (C=O) groups excluding carboxylic acids is 1. The molecule has 0 fully saturated rings. The van der Waals surface area contributed by atoms with Gasteiger partial charge in [-0.15, -0.1) is 0 Å². The summed E-state index contributed by atoms with van der Waals surface area (Å²) in [4.78, 5) is 27.7. The Morgan fingerprint density at radius 3 is 2.53 bits per heavy atom. The molecular weight excluding hydrogens is 243 g/mol. The Labute approximate surface area is 102 Å². The zero-order valence-corrected chi connectivity index (χ0v) is 11.2. The van der Waals surface area contributed by atoms with Crippen LogP contribution < -0.4 is 0 Å². The number of hydrogen-bond acceptors (Lipinski definition) is 3. The van der Waals surface area contributed by atoms with Gasteiger partial charge >= 0.3 is 13.8 Å². The molecule has 0 aromatic rings. The molecular formula is C11H21O5P. The van der Waals surface area contributed by atoms with Gasteiger partial charge in [0, 0.05) is 6.08 Å². The van der Waals surface area contributed by atoms with Gasteiger partial charge in [-0.05, 0) is 12.3 Å². The lowest BCUT2D eigenvalue weighted by Gasteiger charge is -2.10. The molecule has 0 spiro atoms. The van der Waals surface area contributed by atoms with Gasteiger partial charge in [0.1, 0.15) is 0 Å². The number of carbonyl (C=O) groups is 1. The fraction of sp³-hybridized carbons (Fsp3) is 0.727. The van der Waals surface area contributed by atoms with E-state index in [1.165, 1.54) is 0 Å². The molecule has 5 nitrogen and oxygen atoms in total. The minimum Gasteiger partial charge on any atom is -0.367 e. The first kappa shape index (κ1) is 16.4. The van der Waals surface area contributed by atoms with E-state index in [0.717, 1.165) is 38.2 Å². The summed E-state index contributed by atoms with van der Waals surface area (Å²) >= 11 is 0. The maximum atomic E-state index is 10.9. The molecule has 0 aromatic carbocycles. The Hall–Kier alpha value is -0.640. The minimum absolute atomic E-state index is 0.508. The summed E-state index contributed by atoms with van der Waals surface area (Å²) in [5.74, 6) is -0.488. The maximum Gasteiger partial charge on any atom is 0.527 e. The molecule has 0 radical (unpaired) electrons. The standard InChI is InChI=1S/C11H21O5P/c1-3-5-7-10(4-2)8-6-9-11(12)16-17(13,14)15/h6,9-10H,3-5,7-8H2,1-2H3,(H2,13,14,15). The van der Waals surface area contributed by atoms with E-state index in [1.54, 1.807) is 6.08 Å². The van der Waals surface area contributed by atoms with Crippen LogP contribution in [0, 0.1) is 5.92 Å². The van der Waals surface area contributed by atoms with Crippen molar-refractivity contribution < 1.29 is 23.7 Å². The molecule has 0 aliphatic rings. The van der Waals surface area contributed by atoms with E-state index in [-0.39, 0.29) is 0 Å². The predicted molar refractivity (Wildman–Crippen MR) is 65.2 cm³/mol. The molecule has 0 aliphatic carbocycles. The van der Waals surface area contributed by atoms with Gasteiger partial charge in [-0.1, -0.05) is 45.6 Å². The van der Waals surface area contributed by atoms with Crippen LogP contribution in [0.25, 0.3) is 0 Å². The van der Waals surface area contributed by atoms with Crippen LogP contribution in [0.5, 0.6) is 0 Å². The first-order chi connectivity index (χ1) is 7.89. The van der Waals surface area contributed by atoms with Gasteiger partial charge in [0.2, 0.25) is 0 Å². The summed E-state index contributed by atoms with van der Waals surface area (Å²) in [7, 11) is -4.71. The van der Waals surface area contributed by atoms with Crippen LogP contribution in [0.15, 0.2) is 12.2 Å². The smallest absolute Gasteiger partial charge is 0.367 e. The van der Waals surface area contributed by atoms with Crippen LogP contribution in [0.4, 0.5) is 0 Å². The SMILES string of the molecule is CCCCC(CC)CC=CC(=O)OP(=O)(O)O. The summed E-state index contributed by atoms with van der Waals surface area (Å²) in [5, 5.41) is 0. The molecule has 0 saturated heterocycles. The highest BCUT2D eigenvalue weighted by Gasteiger charge is 2.18. The van der Waals surface area contributed by atoms with Gasteiger partial charge in [0.25, 0.3) is 0 Å². The third kappa shape index (κ3) is 10.2. The highest BCUT2D eigenvalue weighted by molar-refractivity contribution is 7.46. The number of phosphoric ester groups is 1. The Kier molecular flexibility index (Phi) is 8.13. The van der Waals surface area contributed by atoms with Crippen LogP contribution in [0.2, 0.25) is 0 Å². The van der Waals surface area contributed by atoms with E-state index in [1.807, 2.05) is 0 Å². The van der Waals surface area contributed by atoms with E-state index in [2.05, 4.69) is 18.4 Å². The average Bonchev–Trinajstić information content (AvgIpc) is 2.20. The number of rotatable bonds is 8. The Morgan fingerprint density at radius 2 is 2.06 bits per heavy atom. The minimum atomic E-state index is -4.71. The quantitative estimate of drug-likeness (QED) is 0.520. The van der Waals surface area contributed by atoms with Crippen molar-refractivity contribution in [1.82, 2.24) is 0 Å². The van der Waals surface area contributed by atoms with Gasteiger partial charge in [0.15, 0.2) is 0 Å². The van der Waals surface area contributed by atoms with Crippen molar-refractivity contribution >= 4 is 13.8 Å². The van der Waals surface area contributed by atoms with Crippen molar-refractivity contribution in [2.75, 3.05) is 0 Å². The molecule has 0 aliphatic heterocycles. The third-order valence-electron chi connectivity index (χ3n) is 2.48. The first-order valence-corrected chi connectivity index (χ1v) is 7.37. The second-order valence-electron chi connectivity index (χ2n) is 3.96. The lowest BCUT2D eigenvalue weighted by molar-refractivity contribution is -0.130. The zero-order valence-electron chi connectivity index (χ0n) is 10.3. The molecule has 0 bridgehead atoms. The Morgan fingerprint density at radius 1 is 1.41 bits per heavy atom. The average molecular weight is 264 g/mol. The van der Waals surface area contributed by atoms with Crippen molar-refractivity contribution in [2.45, 2.75) is 46.0 Å². The number of allylic oxidation sites excluding steroid dienone is 1. The maximum absolute atomic E-state index is 10.9. The summed E-state index contributed by atoms with van der Waals surface area (Å²) in [5.41, 5.74) is 0. The van der Waals surface area contributed by atoms with Crippen LogP contribution >= 0.6 is 7.82 Å². The molecule has 2 N–H and O–H groups in total. The fourth-order valence-electron chi connectivity index (χ4n) is 1.49. The van der Waals surface area contributed by atoms with Crippen LogP contribution in [-0.2, 0) is 13.9 Å². The molecule has 1 unspecified atom stereocenters. The van der Waals surface area contributed by atoms with Gasteiger partial charge in [-0.2, -0.15) is 0 Å². The van der Waals surface area contributed by atoms with Gasteiger partial charge in [0.05, 0.1) is 0 Å². The van der Waals surface area contributed by atoms with E-state index in [9.17, 15) is 9.36 Å². The monoisotopic (exact) mass is 264 g/mol. The lowest BCUT2D eigenvalue weighted by atomic mass is 9.96. The first-order valence-electron chi connectivity index (χ1n) is 5.84. The van der Waals surface area contributed by atoms with Crippen LogP contribution in [-0.4, -0.2) is 15.8 Å². The van der Waals surface area contributed by atoms with Crippen LogP contribution in [0.3, 0.4) is 0 Å². The molecule has 0 aromatic heterocycles. The normalized spacial score (nSPS) is 13.9. The summed E-state index contributed by atoms with van der Waals surface area (Å²) < 4.78 is 14.2. The van der Waals surface area contributed by atoms with E-state index in [4.69, 9.17) is 9.79 Å². The molecule has 100 valence electrons. The Balaban J connectivity index is 3.99. The summed E-state index contributed by atoms with van der Waals surface area (Å²) in [6, 6.07) is 0.